The summed E-state index contributed by atoms with van der Waals surface area (Å²) in [7, 11) is 0. The number of aromatic carboxylic acids is 1. The number of halogens is 1. The van der Waals surface area contributed by atoms with E-state index < -0.39 is 35.8 Å². The number of aromatic nitrogens is 2. The van der Waals surface area contributed by atoms with Gasteiger partial charge in [-0.15, -0.1) is 0 Å². The van der Waals surface area contributed by atoms with Crippen molar-refractivity contribution in [3.05, 3.63) is 89.0 Å². The quantitative estimate of drug-likeness (QED) is 0.395. The molecular weight excluding hydrogens is 421 g/mol. The molecule has 1 amide bonds. The van der Waals surface area contributed by atoms with Gasteiger partial charge >= 0.3 is 11.9 Å². The summed E-state index contributed by atoms with van der Waals surface area (Å²) in [6.07, 6.45) is -1.87. The molecule has 32 heavy (non-hydrogen) atoms. The smallest absolute Gasteiger partial charge is 0.354 e. The van der Waals surface area contributed by atoms with Crippen LogP contribution in [-0.4, -0.2) is 55.1 Å². The van der Waals surface area contributed by atoms with Gasteiger partial charge in [0.05, 0.1) is 12.6 Å². The second kappa shape index (κ2) is 9.84. The van der Waals surface area contributed by atoms with Crippen LogP contribution in [0.15, 0.2) is 60.7 Å². The van der Waals surface area contributed by atoms with E-state index >= 15 is 0 Å². The summed E-state index contributed by atoms with van der Waals surface area (Å²) in [6, 6.07) is 14.0. The molecule has 3 rings (SSSR count). The first-order valence-electron chi connectivity index (χ1n) is 9.56. The van der Waals surface area contributed by atoms with Gasteiger partial charge in [-0.1, -0.05) is 42.5 Å². The van der Waals surface area contributed by atoms with Crippen LogP contribution in [0.25, 0.3) is 0 Å². The molecule has 0 saturated carbocycles. The lowest BCUT2D eigenvalue weighted by molar-refractivity contribution is -0.148. The van der Waals surface area contributed by atoms with Crippen molar-refractivity contribution in [1.82, 2.24) is 15.1 Å². The molecule has 0 fully saturated rings. The van der Waals surface area contributed by atoms with Crippen LogP contribution in [0.2, 0.25) is 0 Å². The molecule has 0 saturated heterocycles. The van der Waals surface area contributed by atoms with E-state index in [2.05, 4.69) is 10.4 Å². The molecule has 4 N–H and O–H groups in total. The van der Waals surface area contributed by atoms with Gasteiger partial charge in [-0.05, 0) is 29.7 Å². The maximum Gasteiger partial charge on any atom is 0.354 e. The lowest BCUT2D eigenvalue weighted by atomic mass is 10.0. The van der Waals surface area contributed by atoms with Crippen molar-refractivity contribution in [2.75, 3.05) is 0 Å². The zero-order chi connectivity index (χ0) is 23.3. The highest BCUT2D eigenvalue weighted by molar-refractivity contribution is 5.96. The van der Waals surface area contributed by atoms with Gasteiger partial charge in [0.1, 0.15) is 11.5 Å². The number of hydrogen-bond donors (Lipinski definition) is 4. The van der Waals surface area contributed by atoms with Crippen molar-refractivity contribution < 1.29 is 34.1 Å². The lowest BCUT2D eigenvalue weighted by Crippen LogP contribution is -2.48. The summed E-state index contributed by atoms with van der Waals surface area (Å²) in [4.78, 5) is 35.6. The van der Waals surface area contributed by atoms with Gasteiger partial charge in [-0.2, -0.15) is 5.10 Å². The Bertz CT molecular complexity index is 1130. The van der Waals surface area contributed by atoms with Crippen molar-refractivity contribution >= 4 is 17.8 Å². The van der Waals surface area contributed by atoms with Crippen LogP contribution in [0.4, 0.5) is 4.39 Å². The molecule has 9 nitrogen and oxygen atoms in total. The minimum absolute atomic E-state index is 0.0236. The van der Waals surface area contributed by atoms with Crippen molar-refractivity contribution in [2.24, 2.45) is 0 Å². The van der Waals surface area contributed by atoms with Gasteiger partial charge in [0.2, 0.25) is 0 Å². The predicted octanol–water partition coefficient (Wildman–Crippen LogP) is 1.56. The Labute approximate surface area is 181 Å². The molecule has 3 aromatic rings. The van der Waals surface area contributed by atoms with Crippen LogP contribution in [0.5, 0.6) is 0 Å². The molecule has 166 valence electrons. The van der Waals surface area contributed by atoms with E-state index in [9.17, 15) is 34.1 Å². The number of nitrogens with zero attached hydrogens (tertiary/aromatic N) is 2. The van der Waals surface area contributed by atoms with Crippen molar-refractivity contribution in [3.8, 4) is 0 Å². The van der Waals surface area contributed by atoms with Gasteiger partial charge in [0.15, 0.2) is 11.8 Å². The topological polar surface area (TPSA) is 142 Å². The van der Waals surface area contributed by atoms with Crippen LogP contribution in [0.1, 0.15) is 32.1 Å². The summed E-state index contributed by atoms with van der Waals surface area (Å²) in [6.45, 7) is -0.0993. The fourth-order valence-corrected chi connectivity index (χ4v) is 3.15. The molecule has 2 unspecified atom stereocenters. The normalized spacial score (nSPS) is 12.7. The summed E-state index contributed by atoms with van der Waals surface area (Å²) >= 11 is 0. The SMILES string of the molecule is O=C(NC(Cc1ccccc1)C(O)C(=O)O)c1cc(C(=O)O)n(Cc2cccc(F)c2)n1. The van der Waals surface area contributed by atoms with E-state index in [1.54, 1.807) is 36.4 Å². The Kier molecular flexibility index (Phi) is 6.96. The number of nitrogens with one attached hydrogen (secondary N) is 1. The van der Waals surface area contributed by atoms with E-state index in [0.29, 0.717) is 11.1 Å². The maximum atomic E-state index is 13.4. The molecule has 2 aromatic carbocycles. The predicted molar refractivity (Wildman–Crippen MR) is 110 cm³/mol. The third-order valence-electron chi connectivity index (χ3n) is 4.70. The summed E-state index contributed by atoms with van der Waals surface area (Å²) < 4.78 is 14.5. The van der Waals surface area contributed by atoms with E-state index in [-0.39, 0.29) is 24.4 Å². The number of carboxylic acid groups (broad SMARTS) is 2. The molecule has 0 aliphatic carbocycles. The van der Waals surface area contributed by atoms with E-state index in [0.717, 1.165) is 10.7 Å². The zero-order valence-corrected chi connectivity index (χ0v) is 16.7. The molecule has 0 aliphatic rings. The number of aliphatic hydroxyl groups is 1. The first-order chi connectivity index (χ1) is 15.2. The van der Waals surface area contributed by atoms with Crippen LogP contribution in [0.3, 0.4) is 0 Å². The largest absolute Gasteiger partial charge is 0.479 e. The average molecular weight is 441 g/mol. The first-order valence-corrected chi connectivity index (χ1v) is 9.56. The van der Waals surface area contributed by atoms with E-state index in [1.807, 2.05) is 0 Å². The average Bonchev–Trinajstić information content (AvgIpc) is 3.17. The standard InChI is InChI=1S/C22H20FN3O6/c23-15-8-4-7-14(9-15)12-26-18(21(29)30)11-17(25-26)20(28)24-16(19(27)22(31)32)10-13-5-2-1-3-6-13/h1-9,11,16,19,27H,10,12H2,(H,24,28)(H,29,30)(H,31,32). The van der Waals surface area contributed by atoms with Gasteiger partial charge < -0.3 is 20.6 Å². The Balaban J connectivity index is 1.84. The second-order valence-corrected chi connectivity index (χ2v) is 7.06. The van der Waals surface area contributed by atoms with Crippen LogP contribution in [-0.2, 0) is 17.8 Å². The minimum Gasteiger partial charge on any atom is -0.479 e. The summed E-state index contributed by atoms with van der Waals surface area (Å²) in [5.74, 6) is -4.23. The van der Waals surface area contributed by atoms with E-state index in [1.165, 1.54) is 18.2 Å². The molecule has 0 spiro atoms. The Morgan fingerprint density at radius 2 is 1.69 bits per heavy atom. The fraction of sp³-hybridized carbons (Fsp3) is 0.182. The highest BCUT2D eigenvalue weighted by Gasteiger charge is 2.29. The van der Waals surface area contributed by atoms with Crippen molar-refractivity contribution in [3.63, 3.8) is 0 Å². The number of amides is 1. The number of carboxylic acids is 2. The Morgan fingerprint density at radius 3 is 2.31 bits per heavy atom. The molecule has 0 aliphatic heterocycles. The highest BCUT2D eigenvalue weighted by Crippen LogP contribution is 2.12. The van der Waals surface area contributed by atoms with Crippen LogP contribution < -0.4 is 5.32 Å². The second-order valence-electron chi connectivity index (χ2n) is 7.06. The molecule has 0 radical (unpaired) electrons. The lowest BCUT2D eigenvalue weighted by Gasteiger charge is -2.21. The fourth-order valence-electron chi connectivity index (χ4n) is 3.15. The molecular formula is C22H20FN3O6. The molecule has 2 atom stereocenters. The first kappa shape index (κ1) is 22.6. The van der Waals surface area contributed by atoms with Crippen LogP contribution >= 0.6 is 0 Å². The third kappa shape index (κ3) is 5.55. The van der Waals surface area contributed by atoms with Gasteiger partial charge in [0.25, 0.3) is 5.91 Å². The number of hydrogen-bond acceptors (Lipinski definition) is 5. The molecule has 1 aromatic heterocycles. The molecule has 1 heterocycles. The number of rotatable bonds is 9. The van der Waals surface area contributed by atoms with E-state index in [4.69, 9.17) is 0 Å². The van der Waals surface area contributed by atoms with Crippen molar-refractivity contribution in [1.29, 1.82) is 0 Å². The van der Waals surface area contributed by atoms with Crippen molar-refractivity contribution in [2.45, 2.75) is 25.1 Å². The highest BCUT2D eigenvalue weighted by atomic mass is 19.1. The molecule has 0 bridgehead atoms. The Morgan fingerprint density at radius 1 is 1.00 bits per heavy atom. The maximum absolute atomic E-state index is 13.4. The number of benzene rings is 2. The number of aliphatic carboxylic acids is 1. The number of aliphatic hydroxyl groups excluding tert-OH is 1. The Hall–Kier alpha value is -4.05. The number of carbonyl (C=O) groups is 3. The van der Waals surface area contributed by atoms with Gasteiger partial charge in [-0.3, -0.25) is 9.48 Å². The van der Waals surface area contributed by atoms with Gasteiger partial charge in [-0.25, -0.2) is 14.0 Å². The zero-order valence-electron chi connectivity index (χ0n) is 16.7. The number of carbonyl (C=O) groups excluding carboxylic acids is 1. The molecule has 10 heteroatoms. The summed E-state index contributed by atoms with van der Waals surface area (Å²) in [5.41, 5.74) is 0.527. The monoisotopic (exact) mass is 441 g/mol. The van der Waals surface area contributed by atoms with Crippen LogP contribution in [0, 0.1) is 5.82 Å². The summed E-state index contributed by atoms with van der Waals surface area (Å²) in [5, 5.41) is 35.1. The van der Waals surface area contributed by atoms with Gasteiger partial charge in [0, 0.05) is 6.07 Å². The minimum atomic E-state index is -1.90. The third-order valence-corrected chi connectivity index (χ3v) is 4.70.